The maximum atomic E-state index is 12.3. The first-order valence-electron chi connectivity index (χ1n) is 10.1. The Labute approximate surface area is 186 Å². The second-order valence-electron chi connectivity index (χ2n) is 7.53. The van der Waals surface area contributed by atoms with Crippen molar-refractivity contribution in [3.63, 3.8) is 0 Å². The molecule has 0 aromatic heterocycles. The van der Waals surface area contributed by atoms with Gasteiger partial charge in [0.05, 0.1) is 6.61 Å². The van der Waals surface area contributed by atoms with Gasteiger partial charge in [0.15, 0.2) is 18.1 Å². The molecule has 0 bridgehead atoms. The van der Waals surface area contributed by atoms with Crippen LogP contribution >= 0.6 is 0 Å². The van der Waals surface area contributed by atoms with E-state index in [2.05, 4.69) is 5.32 Å². The van der Waals surface area contributed by atoms with Crippen LogP contribution in [0.15, 0.2) is 48.0 Å². The van der Waals surface area contributed by atoms with E-state index in [0.717, 1.165) is 5.56 Å². The van der Waals surface area contributed by atoms with E-state index in [0.29, 0.717) is 29.4 Å². The van der Waals surface area contributed by atoms with E-state index < -0.39 is 17.7 Å². The summed E-state index contributed by atoms with van der Waals surface area (Å²) in [4.78, 5) is 36.6. The number of hydrogen-bond donors (Lipinski definition) is 1. The molecule has 3 rings (SSSR count). The van der Waals surface area contributed by atoms with Gasteiger partial charge in [0.1, 0.15) is 5.57 Å². The lowest BCUT2D eigenvalue weighted by Gasteiger charge is -2.29. The van der Waals surface area contributed by atoms with Crippen molar-refractivity contribution in [2.24, 2.45) is 0 Å². The number of esters is 2. The second-order valence-corrected chi connectivity index (χ2v) is 7.53. The highest BCUT2D eigenvalue weighted by Gasteiger charge is 2.38. The number of aryl methyl sites for hydroxylation is 1. The fourth-order valence-corrected chi connectivity index (χ4v) is 2.99. The number of cyclic esters (lactones) is 2. The van der Waals surface area contributed by atoms with Gasteiger partial charge in [0.25, 0.3) is 11.7 Å². The molecule has 1 amide bonds. The first-order chi connectivity index (χ1) is 15.2. The standard InChI is InChI=1S/C24H25NO7/c1-5-29-20-13-16(12-17-22(27)31-24(3,4)32-23(17)28)10-11-19(20)30-14-21(26)25-18-9-7-6-8-15(18)2/h6-13H,5,14H2,1-4H3,(H,25,26). The minimum Gasteiger partial charge on any atom is -0.490 e. The number of rotatable bonds is 7. The van der Waals surface area contributed by atoms with Crippen molar-refractivity contribution < 1.29 is 33.3 Å². The van der Waals surface area contributed by atoms with Crippen molar-refractivity contribution in [2.45, 2.75) is 33.5 Å². The van der Waals surface area contributed by atoms with Crippen molar-refractivity contribution in [1.29, 1.82) is 0 Å². The van der Waals surface area contributed by atoms with Gasteiger partial charge < -0.3 is 24.3 Å². The molecule has 32 heavy (non-hydrogen) atoms. The van der Waals surface area contributed by atoms with Crippen LogP contribution in [-0.2, 0) is 23.9 Å². The Bertz CT molecular complexity index is 1050. The number of carbonyl (C=O) groups excluding carboxylic acids is 3. The fraction of sp³-hybridized carbons (Fsp3) is 0.292. The molecule has 8 nitrogen and oxygen atoms in total. The molecule has 168 valence electrons. The minimum atomic E-state index is -1.31. The number of ether oxygens (including phenoxy) is 4. The van der Waals surface area contributed by atoms with Gasteiger partial charge in [-0.2, -0.15) is 0 Å². The topological polar surface area (TPSA) is 100 Å². The van der Waals surface area contributed by atoms with Crippen molar-refractivity contribution in [3.8, 4) is 11.5 Å². The number of nitrogens with one attached hydrogen (secondary N) is 1. The van der Waals surface area contributed by atoms with Crippen molar-refractivity contribution in [1.82, 2.24) is 0 Å². The number of carbonyl (C=O) groups is 3. The first kappa shape index (κ1) is 22.9. The molecule has 0 spiro atoms. The second kappa shape index (κ2) is 9.55. The summed E-state index contributed by atoms with van der Waals surface area (Å²) in [6.45, 7) is 6.79. The molecule has 2 aromatic rings. The summed E-state index contributed by atoms with van der Waals surface area (Å²) in [6.07, 6.45) is 1.36. The number of hydrogen-bond acceptors (Lipinski definition) is 7. The third-order valence-electron chi connectivity index (χ3n) is 4.47. The molecule has 0 radical (unpaired) electrons. The highest BCUT2D eigenvalue weighted by molar-refractivity contribution is 6.18. The lowest BCUT2D eigenvalue weighted by molar-refractivity contribution is -0.222. The molecule has 1 saturated heterocycles. The van der Waals surface area contributed by atoms with E-state index >= 15 is 0 Å². The average Bonchev–Trinajstić information content (AvgIpc) is 2.71. The minimum absolute atomic E-state index is 0.220. The monoisotopic (exact) mass is 439 g/mol. The summed E-state index contributed by atoms with van der Waals surface area (Å²) in [6, 6.07) is 12.3. The largest absolute Gasteiger partial charge is 0.490 e. The van der Waals surface area contributed by atoms with Crippen LogP contribution in [-0.4, -0.2) is 36.8 Å². The van der Waals surface area contributed by atoms with Crippen molar-refractivity contribution in [2.75, 3.05) is 18.5 Å². The lowest BCUT2D eigenvalue weighted by Crippen LogP contribution is -2.41. The summed E-state index contributed by atoms with van der Waals surface area (Å²) in [5, 5.41) is 2.80. The smallest absolute Gasteiger partial charge is 0.348 e. The molecule has 0 atom stereocenters. The number of amides is 1. The number of benzene rings is 2. The van der Waals surface area contributed by atoms with Gasteiger partial charge >= 0.3 is 11.9 Å². The Kier molecular flexibility index (Phi) is 6.82. The Balaban J connectivity index is 1.73. The van der Waals surface area contributed by atoms with Crippen LogP contribution in [0.2, 0.25) is 0 Å². The third-order valence-corrected chi connectivity index (χ3v) is 4.47. The lowest BCUT2D eigenvalue weighted by atomic mass is 10.1. The van der Waals surface area contributed by atoms with Crippen LogP contribution in [0.25, 0.3) is 6.08 Å². The Morgan fingerprint density at radius 2 is 1.72 bits per heavy atom. The molecule has 0 unspecified atom stereocenters. The van der Waals surface area contributed by atoms with Gasteiger partial charge in [-0.15, -0.1) is 0 Å². The van der Waals surface area contributed by atoms with Gasteiger partial charge in [-0.1, -0.05) is 24.3 Å². The highest BCUT2D eigenvalue weighted by atomic mass is 16.7. The van der Waals surface area contributed by atoms with Crippen LogP contribution in [0.5, 0.6) is 11.5 Å². The SMILES string of the molecule is CCOc1cc(C=C2C(=O)OC(C)(C)OC2=O)ccc1OCC(=O)Nc1ccccc1C. The van der Waals surface area contributed by atoms with Gasteiger partial charge in [-0.05, 0) is 49.2 Å². The first-order valence-corrected chi connectivity index (χ1v) is 10.1. The molecule has 1 N–H and O–H groups in total. The zero-order valence-electron chi connectivity index (χ0n) is 18.4. The van der Waals surface area contributed by atoms with Gasteiger partial charge in [-0.3, -0.25) is 4.79 Å². The van der Waals surface area contributed by atoms with Crippen LogP contribution in [0.1, 0.15) is 31.9 Å². The van der Waals surface area contributed by atoms with Crippen molar-refractivity contribution in [3.05, 3.63) is 59.2 Å². The van der Waals surface area contributed by atoms with E-state index in [1.165, 1.54) is 19.9 Å². The molecule has 1 heterocycles. The third kappa shape index (κ3) is 5.66. The molecule has 1 fully saturated rings. The van der Waals surface area contributed by atoms with Crippen LogP contribution < -0.4 is 14.8 Å². The van der Waals surface area contributed by atoms with E-state index in [4.69, 9.17) is 18.9 Å². The van der Waals surface area contributed by atoms with Crippen molar-refractivity contribution >= 4 is 29.6 Å². The summed E-state index contributed by atoms with van der Waals surface area (Å²) in [5.74, 6) is -2.44. The van der Waals surface area contributed by atoms with Crippen LogP contribution in [0.4, 0.5) is 5.69 Å². The van der Waals surface area contributed by atoms with Gasteiger partial charge in [0, 0.05) is 19.5 Å². The zero-order valence-corrected chi connectivity index (χ0v) is 18.4. The Hall–Kier alpha value is -3.81. The molecule has 1 aliphatic rings. The molecular formula is C24H25NO7. The predicted octanol–water partition coefficient (Wildman–Crippen LogP) is 3.63. The molecular weight excluding hydrogens is 414 g/mol. The fourth-order valence-electron chi connectivity index (χ4n) is 2.99. The normalized spacial score (nSPS) is 14.8. The van der Waals surface area contributed by atoms with E-state index in [9.17, 15) is 14.4 Å². The average molecular weight is 439 g/mol. The molecule has 8 heteroatoms. The quantitative estimate of drug-likeness (QED) is 0.399. The van der Waals surface area contributed by atoms with E-state index in [-0.39, 0.29) is 18.1 Å². The summed E-state index contributed by atoms with van der Waals surface area (Å²) in [5.41, 5.74) is 1.94. The Morgan fingerprint density at radius 1 is 1.03 bits per heavy atom. The zero-order chi connectivity index (χ0) is 23.3. The maximum absolute atomic E-state index is 12.3. The molecule has 0 saturated carbocycles. The number of para-hydroxylation sites is 1. The van der Waals surface area contributed by atoms with E-state index in [1.54, 1.807) is 25.1 Å². The summed E-state index contributed by atoms with van der Waals surface area (Å²) < 4.78 is 21.4. The van der Waals surface area contributed by atoms with Gasteiger partial charge in [-0.25, -0.2) is 9.59 Å². The Morgan fingerprint density at radius 3 is 2.38 bits per heavy atom. The van der Waals surface area contributed by atoms with Gasteiger partial charge in [0.2, 0.25) is 0 Å². The predicted molar refractivity (Wildman–Crippen MR) is 117 cm³/mol. The van der Waals surface area contributed by atoms with Crippen LogP contribution in [0.3, 0.4) is 0 Å². The summed E-state index contributed by atoms with van der Waals surface area (Å²) >= 11 is 0. The molecule has 1 aliphatic heterocycles. The highest BCUT2D eigenvalue weighted by Crippen LogP contribution is 2.31. The van der Waals surface area contributed by atoms with E-state index in [1.807, 2.05) is 31.2 Å². The maximum Gasteiger partial charge on any atom is 0.348 e. The molecule has 0 aliphatic carbocycles. The van der Waals surface area contributed by atoms with Crippen LogP contribution in [0, 0.1) is 6.92 Å². The number of anilines is 1. The summed E-state index contributed by atoms with van der Waals surface area (Å²) in [7, 11) is 0. The molecule has 2 aromatic carbocycles.